The van der Waals surface area contributed by atoms with Crippen molar-refractivity contribution in [1.29, 1.82) is 0 Å². The summed E-state index contributed by atoms with van der Waals surface area (Å²) < 4.78 is 0. The molecule has 0 spiro atoms. The number of hydrogen-bond donors (Lipinski definition) is 0. The molecule has 0 radical (unpaired) electrons. The van der Waals surface area contributed by atoms with Crippen molar-refractivity contribution in [3.05, 3.63) is 140 Å². The number of carbonyl (C=O) groups is 2. The van der Waals surface area contributed by atoms with Gasteiger partial charge in [-0.1, -0.05) is 72.8 Å². The molecule has 2 aliphatic rings. The minimum Gasteiger partial charge on any atom is -0.273 e. The normalized spacial score (nSPS) is 22.3. The molecule has 188 valence electrons. The quantitative estimate of drug-likeness (QED) is 0.412. The molecule has 0 saturated heterocycles. The Balaban J connectivity index is 1.60. The van der Waals surface area contributed by atoms with Crippen molar-refractivity contribution < 1.29 is 9.59 Å². The molecule has 6 rings (SSSR count). The van der Waals surface area contributed by atoms with Crippen LogP contribution in [0.3, 0.4) is 0 Å². The highest BCUT2D eigenvalue weighted by molar-refractivity contribution is 5.76. The monoisotopic (exact) mass is 500 g/mol. The van der Waals surface area contributed by atoms with Crippen LogP contribution in [0.1, 0.15) is 49.9 Å². The van der Waals surface area contributed by atoms with Gasteiger partial charge in [-0.2, -0.15) is 10.2 Å². The Morgan fingerprint density at radius 1 is 0.579 bits per heavy atom. The number of benzene rings is 4. The molecule has 4 aromatic carbocycles. The van der Waals surface area contributed by atoms with E-state index in [0.717, 1.165) is 43.4 Å². The molecule has 2 unspecified atom stereocenters. The van der Waals surface area contributed by atoms with E-state index in [9.17, 15) is 9.59 Å². The summed E-state index contributed by atoms with van der Waals surface area (Å²) in [6.07, 6.45) is 0. The third-order valence-corrected chi connectivity index (χ3v) is 7.91. The Labute approximate surface area is 220 Å². The van der Waals surface area contributed by atoms with Gasteiger partial charge in [0, 0.05) is 25.0 Å². The van der Waals surface area contributed by atoms with Crippen LogP contribution in [0.4, 0.5) is 0 Å². The first-order valence-corrected chi connectivity index (χ1v) is 12.7. The summed E-state index contributed by atoms with van der Waals surface area (Å²) in [5, 5.41) is 16.1. The molecule has 2 amide bonds. The van der Waals surface area contributed by atoms with Crippen LogP contribution >= 0.6 is 0 Å². The van der Waals surface area contributed by atoms with Crippen molar-refractivity contribution in [3.8, 4) is 0 Å². The topological polar surface area (TPSA) is 65.3 Å². The van der Waals surface area contributed by atoms with Crippen molar-refractivity contribution in [2.24, 2.45) is 10.2 Å². The van der Waals surface area contributed by atoms with Gasteiger partial charge in [0.1, 0.15) is 11.1 Å². The number of hydrogen-bond acceptors (Lipinski definition) is 4. The molecule has 0 aromatic heterocycles. The van der Waals surface area contributed by atoms with Crippen LogP contribution in [0.15, 0.2) is 107 Å². The number of fused-ring (bicyclic) bond motifs is 2. The summed E-state index contributed by atoms with van der Waals surface area (Å²) in [5.74, 6) is -0.229. The number of rotatable bonds is 2. The summed E-state index contributed by atoms with van der Waals surface area (Å²) in [6, 6.07) is 32.3. The Hall–Kier alpha value is -4.58. The molecule has 0 fully saturated rings. The minimum absolute atomic E-state index is 0.115. The molecule has 6 heteroatoms. The molecule has 38 heavy (non-hydrogen) atoms. The Bertz CT molecular complexity index is 1690. The van der Waals surface area contributed by atoms with E-state index in [1.807, 2.05) is 98.8 Å². The molecule has 0 bridgehead atoms. The van der Waals surface area contributed by atoms with Gasteiger partial charge in [-0.25, -0.2) is 10.0 Å². The molecule has 2 heterocycles. The molecule has 6 nitrogen and oxygen atoms in total. The van der Waals surface area contributed by atoms with E-state index in [4.69, 9.17) is 10.2 Å². The average Bonchev–Trinajstić information content (AvgIpc) is 3.42. The zero-order valence-corrected chi connectivity index (χ0v) is 21.8. The largest absolute Gasteiger partial charge is 0.273 e. The van der Waals surface area contributed by atoms with Crippen molar-refractivity contribution in [1.82, 2.24) is 10.0 Å². The maximum atomic E-state index is 12.7. The van der Waals surface area contributed by atoms with Crippen molar-refractivity contribution in [2.75, 3.05) is 0 Å². The molecule has 4 aromatic rings. The lowest BCUT2D eigenvalue weighted by molar-refractivity contribution is -0.134. The average molecular weight is 501 g/mol. The van der Waals surface area contributed by atoms with Crippen molar-refractivity contribution >= 4 is 11.8 Å². The van der Waals surface area contributed by atoms with Gasteiger partial charge in [0.25, 0.3) is 0 Å². The molecule has 2 aliphatic heterocycles. The fourth-order valence-electron chi connectivity index (χ4n) is 5.88. The summed E-state index contributed by atoms with van der Waals surface area (Å²) in [7, 11) is 0. The first-order valence-electron chi connectivity index (χ1n) is 12.7. The fraction of sp³-hybridized carbons (Fsp3) is 0.188. The molecule has 0 saturated carbocycles. The summed E-state index contributed by atoms with van der Waals surface area (Å²) in [6.45, 7) is 7.18. The van der Waals surface area contributed by atoms with Gasteiger partial charge in [-0.3, -0.25) is 9.59 Å². The van der Waals surface area contributed by atoms with Crippen LogP contribution in [0.5, 0.6) is 0 Å². The lowest BCUT2D eigenvalue weighted by Crippen LogP contribution is -2.41. The second-order valence-corrected chi connectivity index (χ2v) is 10.2. The van der Waals surface area contributed by atoms with E-state index in [-0.39, 0.29) is 11.8 Å². The highest BCUT2D eigenvalue weighted by atomic mass is 16.2. The van der Waals surface area contributed by atoms with Crippen molar-refractivity contribution in [2.45, 2.75) is 38.8 Å². The Kier molecular flexibility index (Phi) is 5.31. The number of amides is 2. The Morgan fingerprint density at radius 2 is 0.947 bits per heavy atom. The van der Waals surface area contributed by atoms with Crippen LogP contribution in [0, 0.1) is 10.4 Å². The van der Waals surface area contributed by atoms with E-state index in [1.165, 1.54) is 0 Å². The second-order valence-electron chi connectivity index (χ2n) is 10.2. The predicted molar refractivity (Wildman–Crippen MR) is 144 cm³/mol. The molecule has 2 atom stereocenters. The van der Waals surface area contributed by atoms with Crippen LogP contribution in [0.25, 0.3) is 0 Å². The fourth-order valence-corrected chi connectivity index (χ4v) is 5.88. The zero-order chi connectivity index (χ0) is 26.7. The smallest absolute Gasteiger partial charge is 0.240 e. The van der Waals surface area contributed by atoms with Gasteiger partial charge in [-0.05, 0) is 59.7 Å². The second kappa shape index (κ2) is 8.48. The highest BCUT2D eigenvalue weighted by Gasteiger charge is 2.44. The van der Waals surface area contributed by atoms with E-state index in [1.54, 1.807) is 23.9 Å². The summed E-state index contributed by atoms with van der Waals surface area (Å²) in [5.41, 5.74) is 2.48. The highest BCUT2D eigenvalue weighted by Crippen LogP contribution is 2.39. The van der Waals surface area contributed by atoms with Gasteiger partial charge in [0.05, 0.1) is 10.7 Å². The number of carbonyl (C=O) groups excluding carboxylic acids is 2. The van der Waals surface area contributed by atoms with Crippen LogP contribution in [-0.4, -0.2) is 21.8 Å². The lowest BCUT2D eigenvalue weighted by atomic mass is 9.83. The first kappa shape index (κ1) is 23.8. The first-order chi connectivity index (χ1) is 18.2. The molecule has 0 aliphatic carbocycles. The van der Waals surface area contributed by atoms with Gasteiger partial charge in [-0.15, -0.1) is 0 Å². The van der Waals surface area contributed by atoms with E-state index >= 15 is 0 Å². The van der Waals surface area contributed by atoms with Crippen LogP contribution < -0.4 is 10.7 Å². The van der Waals surface area contributed by atoms with E-state index in [2.05, 4.69) is 12.1 Å². The van der Waals surface area contributed by atoms with Crippen LogP contribution in [-0.2, 0) is 20.7 Å². The maximum Gasteiger partial charge on any atom is 0.240 e. The zero-order valence-electron chi connectivity index (χ0n) is 21.8. The van der Waals surface area contributed by atoms with E-state index < -0.39 is 11.1 Å². The predicted octanol–water partition coefficient (Wildman–Crippen LogP) is 4.29. The van der Waals surface area contributed by atoms with Gasteiger partial charge in [0.2, 0.25) is 11.8 Å². The lowest BCUT2D eigenvalue weighted by Gasteiger charge is -2.34. The Morgan fingerprint density at radius 3 is 1.29 bits per heavy atom. The summed E-state index contributed by atoms with van der Waals surface area (Å²) in [4.78, 5) is 25.3. The molecule has 0 N–H and O–H groups in total. The number of nitrogens with zero attached hydrogens (tertiary/aromatic N) is 4. The van der Waals surface area contributed by atoms with Crippen LogP contribution in [0.2, 0.25) is 0 Å². The third-order valence-electron chi connectivity index (χ3n) is 7.91. The van der Waals surface area contributed by atoms with E-state index in [0.29, 0.717) is 0 Å². The molecular weight excluding hydrogens is 472 g/mol. The minimum atomic E-state index is -0.728. The van der Waals surface area contributed by atoms with Crippen molar-refractivity contribution in [3.63, 3.8) is 0 Å². The summed E-state index contributed by atoms with van der Waals surface area (Å²) >= 11 is 0. The standard InChI is InChI=1S/C32H28N4O2/c1-21(37)35-31(3,25-11-7-5-8-12-25)27-19-23(15-17-29(27)33-35)24-16-18-30-28(20-24)32(4,36(34-30)22(2)38)26-13-9-6-10-14-26/h5-20H,1-4H3/b24-23+. The van der Waals surface area contributed by atoms with Gasteiger partial charge in [0.15, 0.2) is 0 Å². The SMILES string of the molecule is CC(=O)N1N=c2cc/c(=c3/ccc4c(c3)C(C)(c3ccccc3)N(C(C)=O)N=4)cc2C1(C)c1ccccc1. The van der Waals surface area contributed by atoms with Gasteiger partial charge >= 0.3 is 0 Å². The van der Waals surface area contributed by atoms with Gasteiger partial charge < -0.3 is 0 Å². The third kappa shape index (κ3) is 3.33. The maximum absolute atomic E-state index is 12.7. The molecular formula is C32H28N4O2.